The second-order valence-electron chi connectivity index (χ2n) is 10.5. The molecule has 0 saturated heterocycles. The molecule has 4 N–H and O–H groups in total. The summed E-state index contributed by atoms with van der Waals surface area (Å²) in [5.74, 6) is -1.21. The summed E-state index contributed by atoms with van der Waals surface area (Å²) in [5, 5.41) is 12.2. The minimum Gasteiger partial charge on any atom is -0.480 e. The molecule has 2 atom stereocenters. The highest BCUT2D eigenvalue weighted by Crippen LogP contribution is 2.20. The predicted molar refractivity (Wildman–Crippen MR) is 160 cm³/mol. The monoisotopic (exact) mass is 599 g/mol. The van der Waals surface area contributed by atoms with Crippen LogP contribution in [0.25, 0.3) is 0 Å². The molecule has 3 rings (SSSR count). The van der Waals surface area contributed by atoms with E-state index in [4.69, 9.17) is 4.84 Å². The van der Waals surface area contributed by atoms with Crippen LogP contribution < -0.4 is 15.5 Å². The maximum atomic E-state index is 12.8. The van der Waals surface area contributed by atoms with E-state index in [0.29, 0.717) is 49.5 Å². The Labute approximate surface area is 247 Å². The zero-order valence-corrected chi connectivity index (χ0v) is 24.6. The van der Waals surface area contributed by atoms with Gasteiger partial charge in [0.05, 0.1) is 11.5 Å². The predicted octanol–water partition coefficient (Wildman–Crippen LogP) is 5.25. The Kier molecular flexibility index (Phi) is 13.7. The van der Waals surface area contributed by atoms with Gasteiger partial charge in [-0.2, -0.15) is 4.72 Å². The largest absolute Gasteiger partial charge is 0.480 e. The summed E-state index contributed by atoms with van der Waals surface area (Å²) < 4.78 is 27.7. The Hall–Kier alpha value is -3.54. The highest BCUT2D eigenvalue weighted by Gasteiger charge is 2.26. The van der Waals surface area contributed by atoms with Gasteiger partial charge in [0.1, 0.15) is 6.04 Å². The van der Waals surface area contributed by atoms with Gasteiger partial charge in [0.25, 0.3) is 0 Å². The molecule has 2 aromatic rings. The highest BCUT2D eigenvalue weighted by molar-refractivity contribution is 7.89. The van der Waals surface area contributed by atoms with Gasteiger partial charge in [-0.1, -0.05) is 61.7 Å². The number of sulfonamides is 1. The lowest BCUT2D eigenvalue weighted by molar-refractivity contribution is -0.139. The molecule has 0 fully saturated rings. The standard InChI is InChI=1S/C31H41N3O7S/c35-28(17-11-4-5-12-18-29(36)33-41-23-24-13-7-2-1-3-8-14-24)32-26-19-21-27(22-20-26)42(39,40)34-30(31(37)38)25-15-9-6-10-16-25/h2,6-7,9-10,15-16,19-22,24,30,34H,1,3-5,8,11-14,17-18,23H2,(H,32,35)(H,33,36)(H,37,38)/t24?,30-/m0/s1. The molecule has 0 bridgehead atoms. The second-order valence-corrected chi connectivity index (χ2v) is 12.2. The van der Waals surface area contributed by atoms with Crippen molar-refractivity contribution >= 4 is 33.5 Å². The number of carboxylic acids is 1. The van der Waals surface area contributed by atoms with Crippen molar-refractivity contribution in [2.24, 2.45) is 5.92 Å². The molecule has 42 heavy (non-hydrogen) atoms. The third kappa shape index (κ3) is 11.8. The molecule has 1 aliphatic carbocycles. The van der Waals surface area contributed by atoms with E-state index < -0.39 is 22.0 Å². The molecule has 1 unspecified atom stereocenters. The topological polar surface area (TPSA) is 151 Å². The van der Waals surface area contributed by atoms with E-state index in [1.165, 1.54) is 49.2 Å². The van der Waals surface area contributed by atoms with Gasteiger partial charge in [0.2, 0.25) is 21.8 Å². The Morgan fingerprint density at radius 1 is 0.881 bits per heavy atom. The van der Waals surface area contributed by atoms with Crippen molar-refractivity contribution in [3.05, 3.63) is 72.3 Å². The molecule has 0 spiro atoms. The smallest absolute Gasteiger partial charge is 0.326 e. The fraction of sp³-hybridized carbons (Fsp3) is 0.452. The molecule has 0 aliphatic heterocycles. The molecule has 2 aromatic carbocycles. The van der Waals surface area contributed by atoms with Crippen LogP contribution in [0.4, 0.5) is 5.69 Å². The molecule has 0 saturated carbocycles. The van der Waals surface area contributed by atoms with Crippen molar-refractivity contribution in [2.75, 3.05) is 11.9 Å². The van der Waals surface area contributed by atoms with Crippen LogP contribution in [0.3, 0.4) is 0 Å². The van der Waals surface area contributed by atoms with Crippen LogP contribution in [-0.4, -0.2) is 37.9 Å². The third-order valence-electron chi connectivity index (χ3n) is 7.03. The van der Waals surface area contributed by atoms with Crippen LogP contribution in [0.2, 0.25) is 0 Å². The number of unbranched alkanes of at least 4 members (excludes halogenated alkanes) is 3. The van der Waals surface area contributed by atoms with Crippen molar-refractivity contribution < 1.29 is 32.7 Å². The van der Waals surface area contributed by atoms with Crippen molar-refractivity contribution in [3.63, 3.8) is 0 Å². The van der Waals surface area contributed by atoms with E-state index in [2.05, 4.69) is 27.7 Å². The van der Waals surface area contributed by atoms with E-state index in [1.54, 1.807) is 18.2 Å². The average Bonchev–Trinajstić information content (AvgIpc) is 2.95. The van der Waals surface area contributed by atoms with Gasteiger partial charge in [-0.05, 0) is 74.3 Å². The summed E-state index contributed by atoms with van der Waals surface area (Å²) in [6.45, 7) is 0.528. The van der Waals surface area contributed by atoms with Crippen molar-refractivity contribution in [1.29, 1.82) is 0 Å². The summed E-state index contributed by atoms with van der Waals surface area (Å²) in [6.07, 6.45) is 13.7. The van der Waals surface area contributed by atoms with Gasteiger partial charge in [-0.25, -0.2) is 13.9 Å². The lowest BCUT2D eigenvalue weighted by Gasteiger charge is -2.16. The number of anilines is 1. The van der Waals surface area contributed by atoms with E-state index in [-0.39, 0.29) is 16.7 Å². The summed E-state index contributed by atoms with van der Waals surface area (Å²) in [4.78, 5) is 41.3. The van der Waals surface area contributed by atoms with Crippen LogP contribution >= 0.6 is 0 Å². The molecule has 2 amide bonds. The number of amides is 2. The van der Waals surface area contributed by atoms with Gasteiger partial charge >= 0.3 is 5.97 Å². The van der Waals surface area contributed by atoms with E-state index in [9.17, 15) is 27.9 Å². The normalized spacial score (nSPS) is 16.1. The molecule has 0 heterocycles. The number of allylic oxidation sites excluding steroid dienone is 2. The molecule has 1 aliphatic rings. The first-order valence-corrected chi connectivity index (χ1v) is 16.0. The SMILES string of the molecule is O=C(CCCCCCC(=O)Nc1ccc(S(=O)(=O)N[C@H](C(=O)O)c2ccccc2)cc1)NOCC1CC=CCCCC1. The number of aliphatic carboxylic acids is 1. The lowest BCUT2D eigenvalue weighted by Crippen LogP contribution is -2.33. The Morgan fingerprint density at radius 3 is 2.26 bits per heavy atom. The summed E-state index contributed by atoms with van der Waals surface area (Å²) in [5.41, 5.74) is 3.29. The molecule has 10 nitrogen and oxygen atoms in total. The highest BCUT2D eigenvalue weighted by atomic mass is 32.2. The van der Waals surface area contributed by atoms with E-state index in [1.807, 2.05) is 0 Å². The zero-order valence-electron chi connectivity index (χ0n) is 23.8. The molecule has 0 radical (unpaired) electrons. The van der Waals surface area contributed by atoms with Crippen molar-refractivity contribution in [2.45, 2.75) is 81.6 Å². The van der Waals surface area contributed by atoms with Crippen LogP contribution in [0.5, 0.6) is 0 Å². The fourth-order valence-electron chi connectivity index (χ4n) is 4.66. The number of carbonyl (C=O) groups excluding carboxylic acids is 2. The maximum Gasteiger partial charge on any atom is 0.326 e. The lowest BCUT2D eigenvalue weighted by atomic mass is 9.96. The van der Waals surface area contributed by atoms with Crippen molar-refractivity contribution in [1.82, 2.24) is 10.2 Å². The number of benzene rings is 2. The molecule has 228 valence electrons. The number of carboxylic acid groups (broad SMARTS) is 1. The van der Waals surface area contributed by atoms with E-state index in [0.717, 1.165) is 32.1 Å². The molecular formula is C31H41N3O7S. The molecule has 0 aromatic heterocycles. The van der Waals surface area contributed by atoms with Crippen LogP contribution in [0.1, 0.15) is 82.2 Å². The number of hydroxylamine groups is 1. The van der Waals surface area contributed by atoms with Gasteiger partial charge in [-0.3, -0.25) is 19.2 Å². The number of hydrogen-bond acceptors (Lipinski definition) is 6. The van der Waals surface area contributed by atoms with Crippen LogP contribution in [0.15, 0.2) is 71.6 Å². The minimum absolute atomic E-state index is 0.117. The fourth-order valence-corrected chi connectivity index (χ4v) is 5.83. The Bertz CT molecular complexity index is 1280. The second kappa shape index (κ2) is 17.4. The summed E-state index contributed by atoms with van der Waals surface area (Å²) in [6, 6.07) is 12.1. The first-order chi connectivity index (χ1) is 20.2. The minimum atomic E-state index is -4.12. The Balaban J connectivity index is 1.30. The maximum absolute atomic E-state index is 12.8. The van der Waals surface area contributed by atoms with E-state index >= 15 is 0 Å². The quantitative estimate of drug-likeness (QED) is 0.117. The van der Waals surface area contributed by atoms with Gasteiger partial charge in [-0.15, -0.1) is 0 Å². The molecular weight excluding hydrogens is 558 g/mol. The molecule has 11 heteroatoms. The number of rotatable bonds is 16. The third-order valence-corrected chi connectivity index (χ3v) is 8.47. The number of hydrogen-bond donors (Lipinski definition) is 4. The Morgan fingerprint density at radius 2 is 1.57 bits per heavy atom. The number of nitrogens with one attached hydrogen (secondary N) is 3. The van der Waals surface area contributed by atoms with Crippen LogP contribution in [-0.2, 0) is 29.2 Å². The van der Waals surface area contributed by atoms with Crippen molar-refractivity contribution in [3.8, 4) is 0 Å². The van der Waals surface area contributed by atoms with Gasteiger partial charge < -0.3 is 10.4 Å². The first kappa shape index (κ1) is 33.0. The summed E-state index contributed by atoms with van der Waals surface area (Å²) >= 11 is 0. The zero-order chi connectivity index (χ0) is 30.2. The average molecular weight is 600 g/mol. The number of carbonyl (C=O) groups is 3. The van der Waals surface area contributed by atoms with Gasteiger partial charge in [0, 0.05) is 18.5 Å². The summed E-state index contributed by atoms with van der Waals surface area (Å²) in [7, 11) is -4.12. The van der Waals surface area contributed by atoms with Crippen LogP contribution in [0, 0.1) is 5.92 Å². The van der Waals surface area contributed by atoms with Gasteiger partial charge in [0.15, 0.2) is 0 Å². The first-order valence-electron chi connectivity index (χ1n) is 14.5.